The summed E-state index contributed by atoms with van der Waals surface area (Å²) in [5.74, 6) is 0.366. The molecule has 0 aliphatic rings. The summed E-state index contributed by atoms with van der Waals surface area (Å²) in [7, 11) is 0. The Bertz CT molecular complexity index is 2190. The van der Waals surface area contributed by atoms with Crippen LogP contribution in [0.2, 0.25) is 0 Å². The number of esters is 1. The topological polar surface area (TPSA) is 82.8 Å². The average Bonchev–Trinajstić information content (AvgIpc) is 3.69. The summed E-state index contributed by atoms with van der Waals surface area (Å²) in [6, 6.07) is 50.4. The molecule has 7 aromatic rings. The molecule has 2 aromatic heterocycles. The van der Waals surface area contributed by atoms with Crippen molar-refractivity contribution in [3.8, 4) is 22.5 Å². The third-order valence-electron chi connectivity index (χ3n) is 9.80. The van der Waals surface area contributed by atoms with Crippen LogP contribution in [0, 0.1) is 6.92 Å². The van der Waals surface area contributed by atoms with E-state index in [1.54, 1.807) is 0 Å². The number of aryl methyl sites for hydroxylation is 2. The van der Waals surface area contributed by atoms with Crippen LogP contribution in [-0.4, -0.2) is 31.2 Å². The molecule has 7 rings (SSSR count). The molecule has 0 fully saturated rings. The second-order valence-electron chi connectivity index (χ2n) is 13.4. The van der Waals surface area contributed by atoms with E-state index in [1.807, 2.05) is 41.9 Å². The Morgan fingerprint density at radius 1 is 0.736 bits per heavy atom. The molecule has 0 aliphatic carbocycles. The quantitative estimate of drug-likeness (QED) is 0.0882. The minimum absolute atomic E-state index is 0.240. The number of nitrogens with zero attached hydrogens (tertiary/aromatic N) is 5. The number of pyridine rings is 1. The minimum atomic E-state index is -0.860. The van der Waals surface area contributed by atoms with Crippen molar-refractivity contribution in [2.75, 3.05) is 0 Å². The first-order valence-corrected chi connectivity index (χ1v) is 18.2. The smallest absolute Gasteiger partial charge is 0.302 e. The third-order valence-corrected chi connectivity index (χ3v) is 9.80. The minimum Gasteiger partial charge on any atom is -0.461 e. The molecule has 0 saturated heterocycles. The fraction of sp³-hybridized carbons (Fsp3) is 0.196. The number of unbranched alkanes of at least 4 members (excludes halogenated alkanes) is 1. The van der Waals surface area contributed by atoms with Crippen LogP contribution in [0.1, 0.15) is 71.5 Å². The molecule has 264 valence electrons. The van der Waals surface area contributed by atoms with Gasteiger partial charge in [-0.1, -0.05) is 153 Å². The van der Waals surface area contributed by atoms with Gasteiger partial charge in [-0.15, -0.1) is 5.10 Å². The molecule has 7 nitrogen and oxygen atoms in total. The van der Waals surface area contributed by atoms with Gasteiger partial charge < -0.3 is 4.74 Å². The van der Waals surface area contributed by atoms with E-state index in [9.17, 15) is 4.79 Å². The first kappa shape index (κ1) is 35.2. The SMILES string of the molecule is CCCCc1nc(C)cc(COC(C)=O)c1Cc1ccc(-c2ccccc2-c2nnnn2C(c2ccccc2)(c2ccccc2)c2ccccc2)cc1. The predicted octanol–water partition coefficient (Wildman–Crippen LogP) is 9.55. The van der Waals surface area contributed by atoms with Gasteiger partial charge in [0.05, 0.1) is 0 Å². The van der Waals surface area contributed by atoms with E-state index in [4.69, 9.17) is 20.0 Å². The van der Waals surface area contributed by atoms with E-state index < -0.39 is 5.54 Å². The van der Waals surface area contributed by atoms with Crippen molar-refractivity contribution >= 4 is 5.97 Å². The second kappa shape index (κ2) is 16.0. The van der Waals surface area contributed by atoms with Crippen LogP contribution in [-0.2, 0) is 34.5 Å². The molecule has 2 heterocycles. The highest BCUT2D eigenvalue weighted by Crippen LogP contribution is 2.43. The number of carbonyl (C=O) groups excluding carboxylic acids is 1. The van der Waals surface area contributed by atoms with E-state index in [0.717, 1.165) is 80.7 Å². The van der Waals surface area contributed by atoms with Gasteiger partial charge in [0.2, 0.25) is 0 Å². The van der Waals surface area contributed by atoms with Crippen LogP contribution in [0.15, 0.2) is 146 Å². The van der Waals surface area contributed by atoms with Crippen molar-refractivity contribution in [1.29, 1.82) is 0 Å². The van der Waals surface area contributed by atoms with E-state index >= 15 is 0 Å². The molecular formula is C46H43N5O2. The van der Waals surface area contributed by atoms with Crippen molar-refractivity contribution in [1.82, 2.24) is 25.2 Å². The lowest BCUT2D eigenvalue weighted by atomic mass is 9.77. The molecule has 5 aromatic carbocycles. The zero-order valence-corrected chi connectivity index (χ0v) is 30.4. The van der Waals surface area contributed by atoms with E-state index in [-0.39, 0.29) is 12.6 Å². The summed E-state index contributed by atoms with van der Waals surface area (Å²) in [6.07, 6.45) is 3.70. The molecule has 0 unspecified atom stereocenters. The summed E-state index contributed by atoms with van der Waals surface area (Å²) in [5, 5.41) is 13.8. The lowest BCUT2D eigenvalue weighted by Crippen LogP contribution is -2.39. The zero-order valence-electron chi connectivity index (χ0n) is 30.4. The Morgan fingerprint density at radius 2 is 1.30 bits per heavy atom. The number of tetrazole rings is 1. The lowest BCUT2D eigenvalue weighted by Gasteiger charge is -2.36. The molecule has 53 heavy (non-hydrogen) atoms. The normalized spacial score (nSPS) is 11.4. The van der Waals surface area contributed by atoms with Crippen molar-refractivity contribution in [3.05, 3.63) is 190 Å². The molecule has 7 heteroatoms. The van der Waals surface area contributed by atoms with Gasteiger partial charge in [-0.25, -0.2) is 4.68 Å². The third kappa shape index (κ3) is 7.28. The number of hydrogen-bond donors (Lipinski definition) is 0. The molecule has 0 radical (unpaired) electrons. The summed E-state index contributed by atoms with van der Waals surface area (Å²) >= 11 is 0. The standard InChI is InChI=1S/C46H43N5O2/c1-4-5-25-44-43(37(30-33(2)47-44)32-53-34(3)52)31-35-26-28-36(29-27-35)41-23-15-16-24-42(41)45-48-49-50-51(45)46(38-17-9-6-10-18-38,39-19-11-7-12-20-39)40-21-13-8-14-22-40/h6-24,26-30H,4-5,25,31-32H2,1-3H3. The van der Waals surface area contributed by atoms with Gasteiger partial charge in [0, 0.05) is 23.9 Å². The summed E-state index contributed by atoms with van der Waals surface area (Å²) in [4.78, 5) is 16.7. The highest BCUT2D eigenvalue weighted by molar-refractivity contribution is 5.81. The predicted molar refractivity (Wildman–Crippen MR) is 209 cm³/mol. The Labute approximate surface area is 311 Å². The van der Waals surface area contributed by atoms with Crippen molar-refractivity contribution in [3.63, 3.8) is 0 Å². The fourth-order valence-electron chi connectivity index (χ4n) is 7.33. The monoisotopic (exact) mass is 697 g/mol. The first-order chi connectivity index (χ1) is 26.0. The molecule has 0 spiro atoms. The van der Waals surface area contributed by atoms with Crippen molar-refractivity contribution in [2.24, 2.45) is 0 Å². The zero-order chi connectivity index (χ0) is 36.6. The number of ether oxygens (including phenoxy) is 1. The van der Waals surface area contributed by atoms with Gasteiger partial charge in [0.15, 0.2) is 5.82 Å². The Morgan fingerprint density at radius 3 is 1.87 bits per heavy atom. The van der Waals surface area contributed by atoms with E-state index in [2.05, 4.69) is 127 Å². The molecule has 0 amide bonds. The largest absolute Gasteiger partial charge is 0.461 e. The van der Waals surface area contributed by atoms with Crippen LogP contribution < -0.4 is 0 Å². The Kier molecular flexibility index (Phi) is 10.6. The summed E-state index contributed by atoms with van der Waals surface area (Å²) in [6.45, 7) is 5.88. The van der Waals surface area contributed by atoms with Gasteiger partial charge >= 0.3 is 5.97 Å². The highest BCUT2D eigenvalue weighted by atomic mass is 16.5. The average molecular weight is 698 g/mol. The summed E-state index contributed by atoms with van der Waals surface area (Å²) in [5.41, 5.74) is 10.6. The Hall–Kier alpha value is -6.21. The van der Waals surface area contributed by atoms with E-state index in [1.165, 1.54) is 6.92 Å². The number of hydrogen-bond acceptors (Lipinski definition) is 6. The Balaban J connectivity index is 1.31. The van der Waals surface area contributed by atoms with Crippen LogP contribution in [0.25, 0.3) is 22.5 Å². The number of carbonyl (C=O) groups is 1. The van der Waals surface area contributed by atoms with Crippen molar-refractivity contribution < 1.29 is 9.53 Å². The van der Waals surface area contributed by atoms with Gasteiger partial charge in [0.1, 0.15) is 12.1 Å². The van der Waals surface area contributed by atoms with Crippen LogP contribution in [0.3, 0.4) is 0 Å². The molecular weight excluding hydrogens is 655 g/mol. The summed E-state index contributed by atoms with van der Waals surface area (Å²) < 4.78 is 7.46. The first-order valence-electron chi connectivity index (χ1n) is 18.2. The highest BCUT2D eigenvalue weighted by Gasteiger charge is 2.42. The number of aromatic nitrogens is 5. The molecule has 0 N–H and O–H groups in total. The molecule has 0 atom stereocenters. The maximum absolute atomic E-state index is 11.8. The lowest BCUT2D eigenvalue weighted by molar-refractivity contribution is -0.142. The number of benzene rings is 5. The fourth-order valence-corrected chi connectivity index (χ4v) is 7.33. The van der Waals surface area contributed by atoms with Gasteiger partial charge in [0.25, 0.3) is 0 Å². The molecule has 0 aliphatic heterocycles. The van der Waals surface area contributed by atoms with Crippen LogP contribution in [0.5, 0.6) is 0 Å². The molecule has 0 bridgehead atoms. The van der Waals surface area contributed by atoms with Crippen LogP contribution >= 0.6 is 0 Å². The maximum atomic E-state index is 11.8. The van der Waals surface area contributed by atoms with E-state index in [0.29, 0.717) is 12.2 Å². The second-order valence-corrected chi connectivity index (χ2v) is 13.4. The van der Waals surface area contributed by atoms with Crippen LogP contribution in [0.4, 0.5) is 0 Å². The maximum Gasteiger partial charge on any atom is 0.302 e. The molecule has 0 saturated carbocycles. The van der Waals surface area contributed by atoms with Gasteiger partial charge in [-0.2, -0.15) is 0 Å². The van der Waals surface area contributed by atoms with Gasteiger partial charge in [-0.3, -0.25) is 9.78 Å². The van der Waals surface area contributed by atoms with Crippen molar-refractivity contribution in [2.45, 2.75) is 58.6 Å². The van der Waals surface area contributed by atoms with Gasteiger partial charge in [-0.05, 0) is 87.2 Å². The number of rotatable bonds is 13.